The summed E-state index contributed by atoms with van der Waals surface area (Å²) in [6.07, 6.45) is 4.00. The summed E-state index contributed by atoms with van der Waals surface area (Å²) in [6, 6.07) is 1.39. The molecule has 86 valence electrons. The topological polar surface area (TPSA) is 95.3 Å². The van der Waals surface area contributed by atoms with Gasteiger partial charge in [-0.1, -0.05) is 0 Å². The van der Waals surface area contributed by atoms with Crippen LogP contribution >= 0.6 is 0 Å². The van der Waals surface area contributed by atoms with E-state index in [2.05, 4.69) is 15.5 Å². The third kappa shape index (κ3) is 1.83. The summed E-state index contributed by atoms with van der Waals surface area (Å²) >= 11 is 0. The van der Waals surface area contributed by atoms with Crippen LogP contribution in [0.5, 0.6) is 0 Å². The number of hydrogen-bond acceptors (Lipinski definition) is 5. The fraction of sp³-hybridized carbons (Fsp3) is 0.500. The van der Waals surface area contributed by atoms with Gasteiger partial charge >= 0.3 is 5.97 Å². The van der Waals surface area contributed by atoms with E-state index in [1.807, 2.05) is 0 Å². The number of carboxylic acids is 1. The Kier molecular flexibility index (Phi) is 2.74. The molecule has 0 saturated heterocycles. The molecule has 1 fully saturated rings. The number of carbonyl (C=O) groups is 1. The van der Waals surface area contributed by atoms with Gasteiger partial charge in [0.1, 0.15) is 5.56 Å². The van der Waals surface area contributed by atoms with Gasteiger partial charge in [-0.25, -0.2) is 4.79 Å². The van der Waals surface area contributed by atoms with Crippen LogP contribution in [-0.4, -0.2) is 38.5 Å². The molecule has 0 bridgehead atoms. The Hall–Kier alpha value is -1.69. The second-order valence-corrected chi connectivity index (χ2v) is 4.02. The number of hydrogen-bond donors (Lipinski definition) is 3. The maximum Gasteiger partial charge on any atom is 0.339 e. The van der Waals surface area contributed by atoms with E-state index in [0.29, 0.717) is 0 Å². The molecule has 0 spiro atoms. The van der Waals surface area contributed by atoms with E-state index in [9.17, 15) is 9.90 Å². The van der Waals surface area contributed by atoms with Gasteiger partial charge in [-0.2, -0.15) is 5.10 Å². The molecule has 1 aromatic rings. The summed E-state index contributed by atoms with van der Waals surface area (Å²) in [4.78, 5) is 10.9. The number of anilines is 1. The van der Waals surface area contributed by atoms with Crippen molar-refractivity contribution in [2.45, 2.75) is 24.8 Å². The molecule has 16 heavy (non-hydrogen) atoms. The lowest BCUT2D eigenvalue weighted by molar-refractivity contribution is 0.0696. The number of nitrogens with one attached hydrogen (secondary N) is 1. The van der Waals surface area contributed by atoms with Gasteiger partial charge < -0.3 is 15.5 Å². The minimum absolute atomic E-state index is 0.0252. The average molecular weight is 223 g/mol. The van der Waals surface area contributed by atoms with Gasteiger partial charge in [0.05, 0.1) is 18.3 Å². The largest absolute Gasteiger partial charge is 0.478 e. The Labute approximate surface area is 92.3 Å². The molecule has 1 aliphatic rings. The van der Waals surface area contributed by atoms with Crippen LogP contribution in [-0.2, 0) is 0 Å². The summed E-state index contributed by atoms with van der Waals surface area (Å²) in [6.45, 7) is -0.0252. The van der Waals surface area contributed by atoms with Gasteiger partial charge in [-0.05, 0) is 25.3 Å². The van der Waals surface area contributed by atoms with Crippen molar-refractivity contribution in [1.29, 1.82) is 0 Å². The van der Waals surface area contributed by atoms with Crippen molar-refractivity contribution < 1.29 is 15.0 Å². The summed E-state index contributed by atoms with van der Waals surface area (Å²) in [7, 11) is 0. The van der Waals surface area contributed by atoms with Crippen LogP contribution in [0.25, 0.3) is 0 Å². The quantitative estimate of drug-likeness (QED) is 0.688. The SMILES string of the molecule is O=C(O)c1ccnnc1NC1(CO)CCC1. The minimum Gasteiger partial charge on any atom is -0.478 e. The molecule has 1 aromatic heterocycles. The molecule has 3 N–H and O–H groups in total. The Morgan fingerprint density at radius 2 is 2.31 bits per heavy atom. The first-order valence-electron chi connectivity index (χ1n) is 5.11. The van der Waals surface area contributed by atoms with Crippen LogP contribution in [0.3, 0.4) is 0 Å². The molecule has 6 nitrogen and oxygen atoms in total. The third-order valence-corrected chi connectivity index (χ3v) is 2.95. The maximum absolute atomic E-state index is 10.9. The van der Waals surface area contributed by atoms with E-state index in [1.165, 1.54) is 12.3 Å². The van der Waals surface area contributed by atoms with Crippen LogP contribution in [0.15, 0.2) is 12.3 Å². The van der Waals surface area contributed by atoms with Crippen molar-refractivity contribution in [1.82, 2.24) is 10.2 Å². The zero-order valence-electron chi connectivity index (χ0n) is 8.68. The van der Waals surface area contributed by atoms with E-state index < -0.39 is 11.5 Å². The van der Waals surface area contributed by atoms with Gasteiger partial charge in [0.25, 0.3) is 0 Å². The van der Waals surface area contributed by atoms with Crippen molar-refractivity contribution in [3.8, 4) is 0 Å². The molecule has 1 saturated carbocycles. The van der Waals surface area contributed by atoms with E-state index in [0.717, 1.165) is 19.3 Å². The molecular weight excluding hydrogens is 210 g/mol. The lowest BCUT2D eigenvalue weighted by Crippen LogP contribution is -2.48. The molecule has 6 heteroatoms. The zero-order valence-corrected chi connectivity index (χ0v) is 8.68. The second-order valence-electron chi connectivity index (χ2n) is 4.02. The number of nitrogens with zero attached hydrogens (tertiary/aromatic N) is 2. The molecule has 0 aliphatic heterocycles. The first kappa shape index (κ1) is 10.8. The van der Waals surface area contributed by atoms with Crippen molar-refractivity contribution in [2.24, 2.45) is 0 Å². The first-order chi connectivity index (χ1) is 7.67. The number of aromatic nitrogens is 2. The first-order valence-corrected chi connectivity index (χ1v) is 5.11. The van der Waals surface area contributed by atoms with E-state index in [-0.39, 0.29) is 18.0 Å². The lowest BCUT2D eigenvalue weighted by Gasteiger charge is -2.41. The van der Waals surface area contributed by atoms with Crippen LogP contribution in [0, 0.1) is 0 Å². The highest BCUT2D eigenvalue weighted by molar-refractivity contribution is 5.92. The number of carboxylic acid groups (broad SMARTS) is 1. The standard InChI is InChI=1S/C10H13N3O3/c14-6-10(3-1-4-10)12-8-7(9(15)16)2-5-11-13-8/h2,5,14H,1,3-4,6H2,(H,12,13)(H,15,16). The van der Waals surface area contributed by atoms with Crippen LogP contribution in [0.2, 0.25) is 0 Å². The predicted molar refractivity (Wildman–Crippen MR) is 56.3 cm³/mol. The van der Waals surface area contributed by atoms with Crippen LogP contribution in [0.1, 0.15) is 29.6 Å². The van der Waals surface area contributed by atoms with Gasteiger partial charge in [0, 0.05) is 0 Å². The summed E-state index contributed by atoms with van der Waals surface area (Å²) in [5.41, 5.74) is -0.338. The molecule has 0 amide bonds. The van der Waals surface area contributed by atoms with Crippen LogP contribution in [0.4, 0.5) is 5.82 Å². The van der Waals surface area contributed by atoms with Gasteiger partial charge in [0.15, 0.2) is 5.82 Å². The summed E-state index contributed by atoms with van der Waals surface area (Å²) in [5.74, 6) is -0.825. The normalized spacial score (nSPS) is 17.6. The molecule has 0 atom stereocenters. The van der Waals surface area contributed by atoms with Crippen molar-refractivity contribution in [3.05, 3.63) is 17.8 Å². The van der Waals surface area contributed by atoms with E-state index >= 15 is 0 Å². The van der Waals surface area contributed by atoms with Gasteiger partial charge in [-0.15, -0.1) is 5.10 Å². The minimum atomic E-state index is -1.05. The number of rotatable bonds is 4. The molecule has 1 heterocycles. The van der Waals surface area contributed by atoms with E-state index in [4.69, 9.17) is 5.11 Å². The number of aromatic carboxylic acids is 1. The van der Waals surface area contributed by atoms with Gasteiger partial charge in [0.2, 0.25) is 0 Å². The Bertz CT molecular complexity index is 399. The second kappa shape index (κ2) is 4.05. The Morgan fingerprint density at radius 3 is 2.81 bits per heavy atom. The predicted octanol–water partition coefficient (Wildman–Crippen LogP) is 0.502. The van der Waals surface area contributed by atoms with Crippen molar-refractivity contribution in [2.75, 3.05) is 11.9 Å². The van der Waals surface area contributed by atoms with Crippen molar-refractivity contribution >= 4 is 11.8 Å². The summed E-state index contributed by atoms with van der Waals surface area (Å²) < 4.78 is 0. The molecule has 0 unspecified atom stereocenters. The lowest BCUT2D eigenvalue weighted by atomic mass is 9.77. The highest BCUT2D eigenvalue weighted by atomic mass is 16.4. The van der Waals surface area contributed by atoms with Crippen molar-refractivity contribution in [3.63, 3.8) is 0 Å². The Morgan fingerprint density at radius 1 is 1.56 bits per heavy atom. The fourth-order valence-electron chi connectivity index (χ4n) is 1.77. The molecule has 1 aliphatic carbocycles. The highest BCUT2D eigenvalue weighted by Gasteiger charge is 2.37. The highest BCUT2D eigenvalue weighted by Crippen LogP contribution is 2.34. The zero-order chi connectivity index (χ0) is 11.6. The smallest absolute Gasteiger partial charge is 0.339 e. The fourth-order valence-corrected chi connectivity index (χ4v) is 1.77. The Balaban J connectivity index is 2.23. The molecule has 2 rings (SSSR count). The average Bonchev–Trinajstić information content (AvgIpc) is 2.24. The molecular formula is C10H13N3O3. The van der Waals surface area contributed by atoms with Crippen LogP contribution < -0.4 is 5.32 Å². The summed E-state index contributed by atoms with van der Waals surface area (Å²) in [5, 5.41) is 28.6. The third-order valence-electron chi connectivity index (χ3n) is 2.95. The molecule has 0 radical (unpaired) electrons. The van der Waals surface area contributed by atoms with Gasteiger partial charge in [-0.3, -0.25) is 0 Å². The number of aliphatic hydroxyl groups excluding tert-OH is 1. The monoisotopic (exact) mass is 223 g/mol. The van der Waals surface area contributed by atoms with E-state index in [1.54, 1.807) is 0 Å². The number of aliphatic hydroxyl groups is 1. The molecule has 0 aromatic carbocycles. The maximum atomic E-state index is 10.9.